The van der Waals surface area contributed by atoms with Crippen LogP contribution in [-0.2, 0) is 11.4 Å². The van der Waals surface area contributed by atoms with Crippen LogP contribution >= 0.6 is 23.8 Å². The summed E-state index contributed by atoms with van der Waals surface area (Å²) in [7, 11) is 1.63. The summed E-state index contributed by atoms with van der Waals surface area (Å²) in [6.45, 7) is 8.46. The van der Waals surface area contributed by atoms with E-state index in [0.29, 0.717) is 23.2 Å². The molecule has 1 N–H and O–H groups in total. The summed E-state index contributed by atoms with van der Waals surface area (Å²) >= 11 is 11.8. The van der Waals surface area contributed by atoms with Crippen LogP contribution in [0.5, 0.6) is 11.5 Å². The minimum atomic E-state index is -0.197. The second-order valence-corrected chi connectivity index (χ2v) is 9.92. The second kappa shape index (κ2) is 10.7. The smallest absolute Gasteiger partial charge is 0.281 e. The third-order valence-electron chi connectivity index (χ3n) is 6.05. The van der Waals surface area contributed by atoms with Gasteiger partial charge in [-0.25, -0.2) is 0 Å². The van der Waals surface area contributed by atoms with Crippen molar-refractivity contribution in [3.8, 4) is 11.5 Å². The fourth-order valence-electron chi connectivity index (χ4n) is 4.11. The molecule has 3 aromatic rings. The van der Waals surface area contributed by atoms with Crippen LogP contribution in [0.2, 0.25) is 5.02 Å². The Hall–Kier alpha value is -3.35. The van der Waals surface area contributed by atoms with Gasteiger partial charge in [0.1, 0.15) is 23.8 Å². The van der Waals surface area contributed by atoms with E-state index in [0.717, 1.165) is 44.3 Å². The summed E-state index contributed by atoms with van der Waals surface area (Å²) in [6.07, 6.45) is 1.79. The number of methoxy groups -OCH3 is 1. The van der Waals surface area contributed by atoms with E-state index in [1.807, 2.05) is 68.4 Å². The molecule has 5 nitrogen and oxygen atoms in total. The number of ether oxygens (including phenoxy) is 2. The summed E-state index contributed by atoms with van der Waals surface area (Å²) in [6, 6.07) is 17.4. The molecule has 1 aliphatic rings. The molecule has 0 radical (unpaired) electrons. The van der Waals surface area contributed by atoms with Crippen molar-refractivity contribution in [3.05, 3.63) is 93.1 Å². The van der Waals surface area contributed by atoms with E-state index >= 15 is 0 Å². The fourth-order valence-corrected chi connectivity index (χ4v) is 4.58. The molecule has 0 bridgehead atoms. The van der Waals surface area contributed by atoms with E-state index in [1.165, 1.54) is 4.90 Å². The number of benzene rings is 3. The van der Waals surface area contributed by atoms with Crippen molar-refractivity contribution in [2.45, 2.75) is 40.2 Å². The van der Waals surface area contributed by atoms with Gasteiger partial charge in [-0.3, -0.25) is 9.69 Å². The van der Waals surface area contributed by atoms with Crippen molar-refractivity contribution in [3.63, 3.8) is 0 Å². The van der Waals surface area contributed by atoms with Crippen molar-refractivity contribution < 1.29 is 14.3 Å². The van der Waals surface area contributed by atoms with Gasteiger partial charge < -0.3 is 14.8 Å². The number of rotatable bonds is 7. The van der Waals surface area contributed by atoms with Crippen LogP contribution in [0, 0.1) is 13.8 Å². The summed E-state index contributed by atoms with van der Waals surface area (Å²) in [5.41, 5.74) is 5.90. The average Bonchev–Trinajstić information content (AvgIpc) is 3.11. The van der Waals surface area contributed by atoms with Crippen molar-refractivity contribution >= 4 is 46.6 Å². The molecule has 1 amide bonds. The Bertz CT molecular complexity index is 1370. The number of hydrogen-bond acceptors (Lipinski definition) is 4. The quantitative estimate of drug-likeness (QED) is 0.270. The molecule has 0 unspecified atom stereocenters. The Morgan fingerprint density at radius 3 is 2.56 bits per heavy atom. The van der Waals surface area contributed by atoms with E-state index in [1.54, 1.807) is 13.2 Å². The lowest BCUT2D eigenvalue weighted by atomic mass is 10.0. The predicted molar refractivity (Wildman–Crippen MR) is 150 cm³/mol. The van der Waals surface area contributed by atoms with Crippen LogP contribution in [-0.4, -0.2) is 18.1 Å². The number of nitrogens with zero attached hydrogens (tertiary/aromatic N) is 1. The molecular weight excluding hydrogens is 492 g/mol. The first-order valence-corrected chi connectivity index (χ1v) is 12.5. The van der Waals surface area contributed by atoms with Crippen molar-refractivity contribution in [2.75, 3.05) is 12.0 Å². The van der Waals surface area contributed by atoms with Crippen molar-refractivity contribution in [2.24, 2.45) is 0 Å². The lowest BCUT2D eigenvalue weighted by Crippen LogP contribution is -2.30. The number of carbonyl (C=O) groups excluding carboxylic acids is 1. The first-order valence-electron chi connectivity index (χ1n) is 11.7. The molecule has 0 saturated carbocycles. The lowest BCUT2D eigenvalue weighted by molar-refractivity contribution is -0.113. The zero-order chi connectivity index (χ0) is 26.0. The minimum absolute atomic E-state index is 0.197. The minimum Gasteiger partial charge on any atom is -0.496 e. The van der Waals surface area contributed by atoms with Crippen LogP contribution < -0.4 is 19.7 Å². The summed E-state index contributed by atoms with van der Waals surface area (Å²) in [5, 5.41) is 4.13. The normalized spacial score (nSPS) is 14.5. The Labute approximate surface area is 222 Å². The van der Waals surface area contributed by atoms with E-state index < -0.39 is 0 Å². The first kappa shape index (κ1) is 25.7. The van der Waals surface area contributed by atoms with Gasteiger partial charge in [-0.15, -0.1) is 0 Å². The van der Waals surface area contributed by atoms with Gasteiger partial charge in [-0.2, -0.15) is 0 Å². The second-order valence-electron chi connectivity index (χ2n) is 9.12. The molecule has 1 aliphatic heterocycles. The summed E-state index contributed by atoms with van der Waals surface area (Å²) in [5.74, 6) is 1.56. The van der Waals surface area contributed by atoms with Gasteiger partial charge in [-0.05, 0) is 96.7 Å². The molecule has 4 rings (SSSR count). The maximum Gasteiger partial charge on any atom is 0.281 e. The Morgan fingerprint density at radius 1 is 1.08 bits per heavy atom. The highest BCUT2D eigenvalue weighted by molar-refractivity contribution is 7.80. The predicted octanol–water partition coefficient (Wildman–Crippen LogP) is 6.93. The fraction of sp³-hybridized carbons (Fsp3) is 0.241. The number of anilines is 1. The molecule has 0 aliphatic carbocycles. The van der Waals surface area contributed by atoms with Gasteiger partial charge >= 0.3 is 0 Å². The van der Waals surface area contributed by atoms with E-state index in [-0.39, 0.29) is 11.8 Å². The van der Waals surface area contributed by atoms with Crippen LogP contribution in [0.1, 0.15) is 47.6 Å². The Kier molecular flexibility index (Phi) is 7.67. The van der Waals surface area contributed by atoms with E-state index in [4.69, 9.17) is 33.3 Å². The number of aryl methyl sites for hydroxylation is 2. The largest absolute Gasteiger partial charge is 0.496 e. The van der Waals surface area contributed by atoms with E-state index in [9.17, 15) is 4.79 Å². The molecule has 1 saturated heterocycles. The highest BCUT2D eigenvalue weighted by atomic mass is 35.5. The number of amides is 1. The molecule has 36 heavy (non-hydrogen) atoms. The SMILES string of the molecule is COc1ccc(/C=C2/NC(=S)N(c3cccc(C)c3)C2=O)cc1COc1cc(C)c(Cl)cc1C(C)C. The standard InChI is InChI=1S/C29H29ClN2O3S/c1-17(2)23-15-24(30)19(4)12-27(23)35-16-21-13-20(9-10-26(21)34-5)14-25-28(33)32(29(36)31-25)22-8-6-7-18(3)11-22/h6-15,17H,16H2,1-5H3,(H,31,36)/b25-14+. The van der Waals surface area contributed by atoms with Gasteiger partial charge in [-0.1, -0.05) is 43.6 Å². The monoisotopic (exact) mass is 520 g/mol. The zero-order valence-electron chi connectivity index (χ0n) is 21.0. The molecule has 1 heterocycles. The molecule has 0 spiro atoms. The summed E-state index contributed by atoms with van der Waals surface area (Å²) < 4.78 is 11.8. The zero-order valence-corrected chi connectivity index (χ0v) is 22.6. The molecular formula is C29H29ClN2O3S. The highest BCUT2D eigenvalue weighted by Gasteiger charge is 2.32. The van der Waals surface area contributed by atoms with Gasteiger partial charge in [0.15, 0.2) is 5.11 Å². The van der Waals surface area contributed by atoms with Gasteiger partial charge in [0.25, 0.3) is 5.91 Å². The van der Waals surface area contributed by atoms with Crippen LogP contribution in [0.4, 0.5) is 5.69 Å². The number of nitrogens with one attached hydrogen (secondary N) is 1. The first-order chi connectivity index (χ1) is 17.2. The number of thiocarbonyl (C=S) groups is 1. The molecule has 0 aromatic heterocycles. The lowest BCUT2D eigenvalue weighted by Gasteiger charge is -2.17. The number of carbonyl (C=O) groups is 1. The molecule has 186 valence electrons. The van der Waals surface area contributed by atoms with Crippen LogP contribution in [0.25, 0.3) is 6.08 Å². The van der Waals surface area contributed by atoms with Gasteiger partial charge in [0.05, 0.1) is 12.8 Å². The third-order valence-corrected chi connectivity index (χ3v) is 6.74. The van der Waals surface area contributed by atoms with E-state index in [2.05, 4.69) is 19.2 Å². The molecule has 1 fully saturated rings. The molecule has 0 atom stereocenters. The molecule has 3 aromatic carbocycles. The third kappa shape index (κ3) is 5.40. The average molecular weight is 521 g/mol. The number of hydrogen-bond donors (Lipinski definition) is 1. The maximum atomic E-state index is 13.2. The van der Waals surface area contributed by atoms with Crippen LogP contribution in [0.15, 0.2) is 60.3 Å². The van der Waals surface area contributed by atoms with Gasteiger partial charge in [0.2, 0.25) is 0 Å². The van der Waals surface area contributed by atoms with Crippen LogP contribution in [0.3, 0.4) is 0 Å². The highest BCUT2D eigenvalue weighted by Crippen LogP contribution is 2.33. The Balaban J connectivity index is 1.60. The summed E-state index contributed by atoms with van der Waals surface area (Å²) in [4.78, 5) is 14.7. The number of halogens is 1. The van der Waals surface area contributed by atoms with Crippen molar-refractivity contribution in [1.82, 2.24) is 5.32 Å². The Morgan fingerprint density at radius 2 is 1.86 bits per heavy atom. The topological polar surface area (TPSA) is 50.8 Å². The van der Waals surface area contributed by atoms with Crippen molar-refractivity contribution in [1.29, 1.82) is 0 Å². The molecule has 7 heteroatoms. The van der Waals surface area contributed by atoms with Gasteiger partial charge in [0, 0.05) is 10.6 Å². The maximum absolute atomic E-state index is 13.2.